The van der Waals surface area contributed by atoms with Gasteiger partial charge in [0.2, 0.25) is 0 Å². The lowest BCUT2D eigenvalue weighted by atomic mass is 10.2. The van der Waals surface area contributed by atoms with Crippen LogP contribution in [0.2, 0.25) is 4.34 Å². The molecule has 1 rings (SSSR count). The fourth-order valence-electron chi connectivity index (χ4n) is 0.811. The number of hydrogen-bond donors (Lipinski definition) is 0. The molecule has 0 aromatic carbocycles. The number of rotatable bonds is 2. The lowest BCUT2D eigenvalue weighted by Crippen LogP contribution is -1.84. The van der Waals surface area contributed by atoms with Gasteiger partial charge in [-0.15, -0.1) is 11.3 Å². The van der Waals surface area contributed by atoms with Gasteiger partial charge in [0.15, 0.2) is 5.75 Å². The van der Waals surface area contributed by atoms with Gasteiger partial charge in [-0.1, -0.05) is 18.5 Å². The van der Waals surface area contributed by atoms with E-state index in [0.717, 1.165) is 16.5 Å². The lowest BCUT2D eigenvalue weighted by molar-refractivity contribution is 0.412. The Morgan fingerprint density at radius 2 is 2.40 bits per heavy atom. The number of halogens is 1. The Hall–Kier alpha value is -0.210. The van der Waals surface area contributed by atoms with Crippen molar-refractivity contribution >= 4 is 22.9 Å². The summed E-state index contributed by atoms with van der Waals surface area (Å²) in [7, 11) is 1.65. The van der Waals surface area contributed by atoms with Crippen LogP contribution < -0.4 is 4.74 Å². The van der Waals surface area contributed by atoms with Crippen LogP contribution in [0.25, 0.3) is 0 Å². The summed E-state index contributed by atoms with van der Waals surface area (Å²) in [6.07, 6.45) is 0.979. The van der Waals surface area contributed by atoms with Crippen LogP contribution in [0.1, 0.15) is 12.5 Å². The SMILES string of the molecule is CCc1csc(Cl)c1OC. The Balaban J connectivity index is 3.01. The van der Waals surface area contributed by atoms with Gasteiger partial charge < -0.3 is 4.74 Å². The van der Waals surface area contributed by atoms with E-state index in [1.54, 1.807) is 7.11 Å². The second-order valence-corrected chi connectivity index (χ2v) is 3.40. The first-order valence-corrected chi connectivity index (χ1v) is 4.35. The molecule has 0 saturated carbocycles. The molecule has 1 aromatic heterocycles. The molecule has 0 atom stereocenters. The highest BCUT2D eigenvalue weighted by Gasteiger charge is 2.07. The van der Waals surface area contributed by atoms with Gasteiger partial charge >= 0.3 is 0 Å². The zero-order valence-corrected chi connectivity index (χ0v) is 7.55. The van der Waals surface area contributed by atoms with Gasteiger partial charge in [0.05, 0.1) is 7.11 Å². The van der Waals surface area contributed by atoms with Gasteiger partial charge in [0.25, 0.3) is 0 Å². The van der Waals surface area contributed by atoms with E-state index in [2.05, 4.69) is 6.92 Å². The topological polar surface area (TPSA) is 9.23 Å². The van der Waals surface area contributed by atoms with E-state index in [-0.39, 0.29) is 0 Å². The summed E-state index contributed by atoms with van der Waals surface area (Å²) in [6.45, 7) is 2.08. The molecule has 1 heterocycles. The standard InChI is InChI=1S/C7H9ClOS/c1-3-5-4-10-7(8)6(5)9-2/h4H,3H2,1-2H3. The van der Waals surface area contributed by atoms with Crippen LogP contribution in [0.4, 0.5) is 0 Å². The first-order chi connectivity index (χ1) is 4.79. The van der Waals surface area contributed by atoms with E-state index in [1.165, 1.54) is 16.9 Å². The Morgan fingerprint density at radius 1 is 1.70 bits per heavy atom. The molecule has 0 N–H and O–H groups in total. The molecule has 10 heavy (non-hydrogen) atoms. The maximum Gasteiger partial charge on any atom is 0.151 e. The van der Waals surface area contributed by atoms with Crippen molar-refractivity contribution in [2.75, 3.05) is 7.11 Å². The van der Waals surface area contributed by atoms with E-state index < -0.39 is 0 Å². The first-order valence-electron chi connectivity index (χ1n) is 3.09. The molecule has 0 amide bonds. The molecular formula is C7H9ClOS. The minimum atomic E-state index is 0.749. The zero-order valence-electron chi connectivity index (χ0n) is 5.98. The quantitative estimate of drug-likeness (QED) is 0.673. The second-order valence-electron chi connectivity index (χ2n) is 1.92. The van der Waals surface area contributed by atoms with Crippen molar-refractivity contribution in [1.29, 1.82) is 0 Å². The van der Waals surface area contributed by atoms with Gasteiger partial charge in [-0.05, 0) is 11.8 Å². The minimum Gasteiger partial charge on any atom is -0.494 e. The van der Waals surface area contributed by atoms with Crippen molar-refractivity contribution < 1.29 is 4.74 Å². The molecule has 3 heteroatoms. The predicted octanol–water partition coefficient (Wildman–Crippen LogP) is 2.97. The second kappa shape index (κ2) is 3.26. The Kier molecular flexibility index (Phi) is 2.57. The summed E-state index contributed by atoms with van der Waals surface area (Å²) in [6, 6.07) is 0. The minimum absolute atomic E-state index is 0.749. The molecule has 0 fully saturated rings. The van der Waals surface area contributed by atoms with Crippen LogP contribution in [0.3, 0.4) is 0 Å². The molecule has 1 aromatic rings. The molecule has 56 valence electrons. The smallest absolute Gasteiger partial charge is 0.151 e. The van der Waals surface area contributed by atoms with Crippen molar-refractivity contribution in [2.45, 2.75) is 13.3 Å². The lowest BCUT2D eigenvalue weighted by Gasteiger charge is -1.98. The van der Waals surface area contributed by atoms with Crippen LogP contribution in [0.15, 0.2) is 5.38 Å². The average molecular weight is 177 g/mol. The molecule has 0 unspecified atom stereocenters. The maximum atomic E-state index is 5.82. The zero-order chi connectivity index (χ0) is 7.56. The van der Waals surface area contributed by atoms with Gasteiger partial charge in [-0.3, -0.25) is 0 Å². The van der Waals surface area contributed by atoms with Crippen LogP contribution in [-0.2, 0) is 6.42 Å². The van der Waals surface area contributed by atoms with Crippen molar-refractivity contribution in [3.63, 3.8) is 0 Å². The van der Waals surface area contributed by atoms with E-state index in [9.17, 15) is 0 Å². The molecule has 0 saturated heterocycles. The summed E-state index contributed by atoms with van der Waals surface area (Å²) in [4.78, 5) is 0. The summed E-state index contributed by atoms with van der Waals surface area (Å²) in [5.74, 6) is 0.842. The third-order valence-electron chi connectivity index (χ3n) is 1.36. The highest BCUT2D eigenvalue weighted by atomic mass is 35.5. The van der Waals surface area contributed by atoms with Crippen LogP contribution >= 0.6 is 22.9 Å². The van der Waals surface area contributed by atoms with Crippen molar-refractivity contribution in [2.24, 2.45) is 0 Å². The van der Waals surface area contributed by atoms with E-state index >= 15 is 0 Å². The van der Waals surface area contributed by atoms with Gasteiger partial charge in [-0.2, -0.15) is 0 Å². The number of methoxy groups -OCH3 is 1. The molecule has 0 bridgehead atoms. The molecule has 0 aliphatic carbocycles. The van der Waals surface area contributed by atoms with E-state index in [0.29, 0.717) is 0 Å². The molecular weight excluding hydrogens is 168 g/mol. The molecule has 0 aliphatic heterocycles. The van der Waals surface area contributed by atoms with E-state index in [4.69, 9.17) is 16.3 Å². The van der Waals surface area contributed by atoms with Crippen molar-refractivity contribution in [1.82, 2.24) is 0 Å². The fourth-order valence-corrected chi connectivity index (χ4v) is 1.98. The highest BCUT2D eigenvalue weighted by Crippen LogP contribution is 2.34. The van der Waals surface area contributed by atoms with Gasteiger partial charge in [-0.25, -0.2) is 0 Å². The third kappa shape index (κ3) is 1.27. The monoisotopic (exact) mass is 176 g/mol. The molecule has 1 nitrogen and oxygen atoms in total. The Morgan fingerprint density at radius 3 is 2.80 bits per heavy atom. The normalized spacial score (nSPS) is 9.90. The van der Waals surface area contributed by atoms with E-state index in [1.807, 2.05) is 5.38 Å². The third-order valence-corrected chi connectivity index (χ3v) is 2.59. The van der Waals surface area contributed by atoms with Gasteiger partial charge in [0, 0.05) is 5.56 Å². The number of aryl methyl sites for hydroxylation is 1. The number of ether oxygens (including phenoxy) is 1. The van der Waals surface area contributed by atoms with Crippen molar-refractivity contribution in [3.8, 4) is 5.75 Å². The maximum absolute atomic E-state index is 5.82. The molecule has 0 aliphatic rings. The average Bonchev–Trinajstić information content (AvgIpc) is 2.30. The highest BCUT2D eigenvalue weighted by molar-refractivity contribution is 7.14. The number of hydrogen-bond acceptors (Lipinski definition) is 2. The molecule has 0 radical (unpaired) electrons. The first kappa shape index (κ1) is 7.89. The van der Waals surface area contributed by atoms with Crippen LogP contribution in [0.5, 0.6) is 5.75 Å². The largest absolute Gasteiger partial charge is 0.494 e. The summed E-state index contributed by atoms with van der Waals surface area (Å²) in [5.41, 5.74) is 1.19. The molecule has 0 spiro atoms. The summed E-state index contributed by atoms with van der Waals surface area (Å²) in [5, 5.41) is 2.03. The summed E-state index contributed by atoms with van der Waals surface area (Å²) < 4.78 is 5.83. The Bertz CT molecular complexity index is 219. The van der Waals surface area contributed by atoms with Crippen LogP contribution in [0, 0.1) is 0 Å². The van der Waals surface area contributed by atoms with Crippen molar-refractivity contribution in [3.05, 3.63) is 15.3 Å². The fraction of sp³-hybridized carbons (Fsp3) is 0.429. The Labute approximate surface area is 69.6 Å². The number of thiophene rings is 1. The summed E-state index contributed by atoms with van der Waals surface area (Å²) >= 11 is 7.34. The predicted molar refractivity (Wildman–Crippen MR) is 45.3 cm³/mol. The van der Waals surface area contributed by atoms with Gasteiger partial charge in [0.1, 0.15) is 4.34 Å². The van der Waals surface area contributed by atoms with Crippen LogP contribution in [-0.4, -0.2) is 7.11 Å².